The zero-order valence-electron chi connectivity index (χ0n) is 14.9. The first kappa shape index (κ1) is 17.4. The molecule has 0 spiro atoms. The Morgan fingerprint density at radius 3 is 2.63 bits per heavy atom. The van der Waals surface area contributed by atoms with Crippen molar-refractivity contribution in [3.63, 3.8) is 0 Å². The largest absolute Gasteiger partial charge is 0.448 e. The number of likely N-dealkylation sites (tertiary alicyclic amines) is 1. The number of amides is 1. The van der Waals surface area contributed by atoms with Gasteiger partial charge < -0.3 is 13.8 Å². The number of aromatic nitrogens is 3. The van der Waals surface area contributed by atoms with E-state index in [1.54, 1.807) is 30.2 Å². The molecule has 1 saturated heterocycles. The van der Waals surface area contributed by atoms with Crippen molar-refractivity contribution in [2.24, 2.45) is 0 Å². The summed E-state index contributed by atoms with van der Waals surface area (Å²) in [6.45, 7) is 2.98. The summed E-state index contributed by atoms with van der Waals surface area (Å²) in [6, 6.07) is 6.16. The van der Waals surface area contributed by atoms with Crippen LogP contribution in [0.1, 0.15) is 36.4 Å². The molecule has 0 saturated carbocycles. The summed E-state index contributed by atoms with van der Waals surface area (Å²) < 4.78 is 23.7. The van der Waals surface area contributed by atoms with Gasteiger partial charge in [0.1, 0.15) is 24.2 Å². The summed E-state index contributed by atoms with van der Waals surface area (Å²) in [7, 11) is 0. The molecular weight excluding hydrogens is 351 g/mol. The summed E-state index contributed by atoms with van der Waals surface area (Å²) in [4.78, 5) is 22.8. The van der Waals surface area contributed by atoms with E-state index in [0.717, 1.165) is 18.4 Å². The van der Waals surface area contributed by atoms with Crippen LogP contribution in [0.15, 0.2) is 39.5 Å². The van der Waals surface area contributed by atoms with Crippen molar-refractivity contribution in [3.8, 4) is 11.3 Å². The van der Waals surface area contributed by atoms with Crippen molar-refractivity contribution in [2.45, 2.75) is 32.1 Å². The molecule has 4 rings (SSSR count). The average molecular weight is 370 g/mol. The first-order valence-corrected chi connectivity index (χ1v) is 8.87. The molecule has 7 nitrogen and oxygen atoms in total. The first-order chi connectivity index (χ1) is 13.1. The number of carbonyl (C=O) groups excluding carboxylic acids is 1. The van der Waals surface area contributed by atoms with Crippen LogP contribution in [0.3, 0.4) is 0 Å². The SMILES string of the molecule is Cc1noc(CC(=O)N2CCC(c3nc(-c4ccc(F)cc4)co3)CC2)n1. The van der Waals surface area contributed by atoms with E-state index in [2.05, 4.69) is 15.1 Å². The fourth-order valence-corrected chi connectivity index (χ4v) is 3.26. The molecule has 0 unspecified atom stereocenters. The van der Waals surface area contributed by atoms with Gasteiger partial charge in [-0.25, -0.2) is 9.37 Å². The molecule has 8 heteroatoms. The third-order valence-electron chi connectivity index (χ3n) is 4.73. The van der Waals surface area contributed by atoms with E-state index >= 15 is 0 Å². The lowest BCUT2D eigenvalue weighted by Gasteiger charge is -2.30. The van der Waals surface area contributed by atoms with Gasteiger partial charge in [0, 0.05) is 24.6 Å². The Balaban J connectivity index is 1.35. The molecule has 0 radical (unpaired) electrons. The number of rotatable bonds is 4. The first-order valence-electron chi connectivity index (χ1n) is 8.87. The highest BCUT2D eigenvalue weighted by molar-refractivity contribution is 5.77. The summed E-state index contributed by atoms with van der Waals surface area (Å²) in [5.41, 5.74) is 1.50. The fourth-order valence-electron chi connectivity index (χ4n) is 3.26. The Morgan fingerprint density at radius 2 is 1.96 bits per heavy atom. The highest BCUT2D eigenvalue weighted by atomic mass is 19.1. The number of hydrogen-bond acceptors (Lipinski definition) is 6. The van der Waals surface area contributed by atoms with Crippen molar-refractivity contribution >= 4 is 5.91 Å². The van der Waals surface area contributed by atoms with Crippen molar-refractivity contribution in [1.82, 2.24) is 20.0 Å². The third kappa shape index (κ3) is 3.89. The van der Waals surface area contributed by atoms with E-state index < -0.39 is 0 Å². The van der Waals surface area contributed by atoms with Crippen molar-refractivity contribution < 1.29 is 18.1 Å². The second kappa shape index (κ2) is 7.30. The van der Waals surface area contributed by atoms with Crippen LogP contribution in [-0.2, 0) is 11.2 Å². The predicted octanol–water partition coefficient (Wildman–Crippen LogP) is 3.12. The van der Waals surface area contributed by atoms with E-state index in [9.17, 15) is 9.18 Å². The van der Waals surface area contributed by atoms with Gasteiger partial charge >= 0.3 is 0 Å². The lowest BCUT2D eigenvalue weighted by Crippen LogP contribution is -2.38. The van der Waals surface area contributed by atoms with Crippen LogP contribution in [0.4, 0.5) is 4.39 Å². The van der Waals surface area contributed by atoms with E-state index in [4.69, 9.17) is 8.94 Å². The lowest BCUT2D eigenvalue weighted by molar-refractivity contribution is -0.132. The summed E-state index contributed by atoms with van der Waals surface area (Å²) in [5, 5.41) is 3.70. The van der Waals surface area contributed by atoms with Crippen LogP contribution in [0.5, 0.6) is 0 Å². The quantitative estimate of drug-likeness (QED) is 0.701. The number of piperidine rings is 1. The number of oxazole rings is 1. The molecule has 140 valence electrons. The molecule has 0 N–H and O–H groups in total. The molecule has 0 bridgehead atoms. The Bertz CT molecular complexity index is 927. The van der Waals surface area contributed by atoms with E-state index in [-0.39, 0.29) is 24.1 Å². The molecule has 0 aliphatic carbocycles. The van der Waals surface area contributed by atoms with E-state index in [1.165, 1.54) is 12.1 Å². The molecule has 1 aromatic carbocycles. The number of carbonyl (C=O) groups is 1. The number of hydrogen-bond donors (Lipinski definition) is 0. The summed E-state index contributed by atoms with van der Waals surface area (Å²) in [6.07, 6.45) is 3.27. The molecule has 27 heavy (non-hydrogen) atoms. The Morgan fingerprint density at radius 1 is 1.22 bits per heavy atom. The molecule has 3 aromatic rings. The Hall–Kier alpha value is -3.03. The van der Waals surface area contributed by atoms with Crippen molar-refractivity contribution in [3.05, 3.63) is 54.0 Å². The number of aryl methyl sites for hydroxylation is 1. The monoisotopic (exact) mass is 370 g/mol. The predicted molar refractivity (Wildman–Crippen MR) is 93.2 cm³/mol. The molecule has 3 heterocycles. The molecule has 1 amide bonds. The van der Waals surface area contributed by atoms with Crippen LogP contribution in [-0.4, -0.2) is 39.0 Å². The van der Waals surface area contributed by atoms with Crippen LogP contribution in [0, 0.1) is 12.7 Å². The second-order valence-corrected chi connectivity index (χ2v) is 6.65. The molecule has 2 aromatic heterocycles. The van der Waals surface area contributed by atoms with E-state index in [0.29, 0.717) is 36.4 Å². The van der Waals surface area contributed by atoms with Gasteiger partial charge in [-0.3, -0.25) is 4.79 Å². The maximum absolute atomic E-state index is 13.0. The highest BCUT2D eigenvalue weighted by Crippen LogP contribution is 2.30. The third-order valence-corrected chi connectivity index (χ3v) is 4.73. The zero-order chi connectivity index (χ0) is 18.8. The van der Waals surface area contributed by atoms with Gasteiger partial charge in [-0.05, 0) is 44.0 Å². The van der Waals surface area contributed by atoms with E-state index in [1.807, 2.05) is 0 Å². The lowest BCUT2D eigenvalue weighted by atomic mass is 9.96. The smallest absolute Gasteiger partial charge is 0.236 e. The Labute approximate surface area is 155 Å². The van der Waals surface area contributed by atoms with Crippen LogP contribution in [0.25, 0.3) is 11.3 Å². The molecule has 0 atom stereocenters. The minimum Gasteiger partial charge on any atom is -0.448 e. The van der Waals surface area contributed by atoms with Crippen molar-refractivity contribution in [2.75, 3.05) is 13.1 Å². The minimum atomic E-state index is -0.282. The van der Waals surface area contributed by atoms with Gasteiger partial charge in [-0.2, -0.15) is 4.98 Å². The molecular formula is C19H19FN4O3. The minimum absolute atomic E-state index is 0.0171. The topological polar surface area (TPSA) is 85.3 Å². The highest BCUT2D eigenvalue weighted by Gasteiger charge is 2.27. The van der Waals surface area contributed by atoms with Gasteiger partial charge in [0.2, 0.25) is 11.8 Å². The van der Waals surface area contributed by atoms with Gasteiger partial charge in [-0.15, -0.1) is 0 Å². The van der Waals surface area contributed by atoms with Gasteiger partial charge in [0.15, 0.2) is 11.7 Å². The number of nitrogens with zero attached hydrogens (tertiary/aromatic N) is 4. The summed E-state index contributed by atoms with van der Waals surface area (Å²) >= 11 is 0. The maximum Gasteiger partial charge on any atom is 0.236 e. The molecule has 1 fully saturated rings. The van der Waals surface area contributed by atoms with Gasteiger partial charge in [0.25, 0.3) is 0 Å². The Kier molecular flexibility index (Phi) is 4.70. The fraction of sp³-hybridized carbons (Fsp3) is 0.368. The van der Waals surface area contributed by atoms with Gasteiger partial charge in [-0.1, -0.05) is 5.16 Å². The molecule has 1 aliphatic rings. The maximum atomic E-state index is 13.0. The van der Waals surface area contributed by atoms with Gasteiger partial charge in [0.05, 0.1) is 0 Å². The second-order valence-electron chi connectivity index (χ2n) is 6.65. The van der Waals surface area contributed by atoms with Crippen LogP contribution >= 0.6 is 0 Å². The average Bonchev–Trinajstić information content (AvgIpc) is 3.32. The van der Waals surface area contributed by atoms with Crippen LogP contribution < -0.4 is 0 Å². The van der Waals surface area contributed by atoms with Crippen LogP contribution in [0.2, 0.25) is 0 Å². The van der Waals surface area contributed by atoms with Crippen molar-refractivity contribution in [1.29, 1.82) is 0 Å². The molecule has 1 aliphatic heterocycles. The normalized spacial score (nSPS) is 15.3. The summed E-state index contributed by atoms with van der Waals surface area (Å²) in [5.74, 6) is 1.39. The zero-order valence-corrected chi connectivity index (χ0v) is 14.9. The number of benzene rings is 1. The number of halogens is 1. The standard InChI is InChI=1S/C19H19FN4O3/c1-12-21-17(27-23-12)10-18(25)24-8-6-14(7-9-24)19-22-16(11-26-19)13-2-4-15(20)5-3-13/h2-5,11,14H,6-10H2,1H3.